The molecule has 3 heterocycles. The Hall–Kier alpha value is -3.73. The third kappa shape index (κ3) is 2.88. The van der Waals surface area contributed by atoms with Crippen LogP contribution in [0.25, 0.3) is 64.9 Å². The Morgan fingerprint density at radius 3 is 2.48 bits per heavy atom. The predicted octanol–water partition coefficient (Wildman–Crippen LogP) is 8.73. The first-order valence-electron chi connectivity index (χ1n) is 10.6. The van der Waals surface area contributed by atoms with E-state index in [0.717, 1.165) is 54.4 Å². The highest BCUT2D eigenvalue weighted by atomic mass is 35.5. The molecule has 0 aliphatic rings. The van der Waals surface area contributed by atoms with Crippen LogP contribution in [-0.4, -0.2) is 9.97 Å². The largest absolute Gasteiger partial charge is 0.456 e. The van der Waals surface area contributed by atoms with Gasteiger partial charge in [0.2, 0.25) is 0 Å². The minimum absolute atomic E-state index is 0.650. The predicted molar refractivity (Wildman–Crippen MR) is 138 cm³/mol. The molecule has 0 aliphatic heterocycles. The fourth-order valence-electron chi connectivity index (χ4n) is 4.49. The lowest BCUT2D eigenvalue weighted by atomic mass is 10.0. The van der Waals surface area contributed by atoms with Gasteiger partial charge in [0.05, 0.1) is 15.9 Å². The zero-order valence-electron chi connectivity index (χ0n) is 17.2. The van der Waals surface area contributed by atoms with Crippen LogP contribution in [0.5, 0.6) is 0 Å². The second-order valence-electron chi connectivity index (χ2n) is 7.96. The average molecular weight is 463 g/mol. The molecule has 4 aromatic carbocycles. The molecule has 0 spiro atoms. The molecule has 0 saturated carbocycles. The fraction of sp³-hybridized carbons (Fsp3) is 0. The van der Waals surface area contributed by atoms with Gasteiger partial charge in [-0.25, -0.2) is 9.97 Å². The van der Waals surface area contributed by atoms with E-state index in [1.54, 1.807) is 11.3 Å². The number of furan rings is 1. The topological polar surface area (TPSA) is 38.9 Å². The van der Waals surface area contributed by atoms with Crippen molar-refractivity contribution in [1.82, 2.24) is 9.97 Å². The average Bonchev–Trinajstić information content (AvgIpc) is 3.41. The highest BCUT2D eigenvalue weighted by Gasteiger charge is 2.19. The van der Waals surface area contributed by atoms with Gasteiger partial charge in [-0.1, -0.05) is 72.3 Å². The van der Waals surface area contributed by atoms with Gasteiger partial charge >= 0.3 is 0 Å². The van der Waals surface area contributed by atoms with E-state index in [4.69, 9.17) is 26.0 Å². The molecule has 7 aromatic rings. The van der Waals surface area contributed by atoms with Gasteiger partial charge in [0.25, 0.3) is 0 Å². The van der Waals surface area contributed by atoms with E-state index in [9.17, 15) is 0 Å². The zero-order chi connectivity index (χ0) is 21.9. The van der Waals surface area contributed by atoms with E-state index in [2.05, 4.69) is 42.5 Å². The second-order valence-corrected chi connectivity index (χ2v) is 9.45. The number of thiophene rings is 1. The molecule has 0 bridgehead atoms. The van der Waals surface area contributed by atoms with Crippen molar-refractivity contribution in [1.29, 1.82) is 0 Å². The molecule has 0 N–H and O–H groups in total. The Morgan fingerprint density at radius 1 is 0.727 bits per heavy atom. The Balaban J connectivity index is 1.61. The summed E-state index contributed by atoms with van der Waals surface area (Å²) < 4.78 is 8.42. The van der Waals surface area contributed by atoms with Crippen LogP contribution in [0.2, 0.25) is 5.02 Å². The van der Waals surface area contributed by atoms with Crippen molar-refractivity contribution in [2.24, 2.45) is 0 Å². The molecule has 0 unspecified atom stereocenters. The van der Waals surface area contributed by atoms with Gasteiger partial charge in [0.1, 0.15) is 11.2 Å². The lowest BCUT2D eigenvalue weighted by Crippen LogP contribution is -1.94. The van der Waals surface area contributed by atoms with E-state index in [1.807, 2.05) is 48.5 Å². The summed E-state index contributed by atoms with van der Waals surface area (Å²) in [6.07, 6.45) is 0. The minimum atomic E-state index is 0.650. The second kappa shape index (κ2) is 7.14. The van der Waals surface area contributed by atoms with E-state index in [-0.39, 0.29) is 0 Å². The van der Waals surface area contributed by atoms with Crippen molar-refractivity contribution >= 4 is 65.2 Å². The van der Waals surface area contributed by atoms with Gasteiger partial charge < -0.3 is 4.42 Å². The molecule has 0 fully saturated rings. The lowest BCUT2D eigenvalue weighted by Gasteiger charge is -2.08. The molecule has 33 heavy (non-hydrogen) atoms. The molecule has 0 saturated heterocycles. The molecule has 5 heteroatoms. The van der Waals surface area contributed by atoms with Crippen LogP contribution in [0.15, 0.2) is 95.4 Å². The normalized spacial score (nSPS) is 11.8. The van der Waals surface area contributed by atoms with Crippen molar-refractivity contribution in [3.63, 3.8) is 0 Å². The number of halogens is 1. The van der Waals surface area contributed by atoms with E-state index in [1.165, 1.54) is 4.70 Å². The first-order valence-corrected chi connectivity index (χ1v) is 11.8. The molecule has 0 radical (unpaired) electrons. The Labute approximate surface area is 197 Å². The highest BCUT2D eigenvalue weighted by molar-refractivity contribution is 7.26. The van der Waals surface area contributed by atoms with Gasteiger partial charge in [-0.2, -0.15) is 0 Å². The number of nitrogens with zero attached hydrogens (tertiary/aromatic N) is 2. The van der Waals surface area contributed by atoms with E-state index >= 15 is 0 Å². The summed E-state index contributed by atoms with van der Waals surface area (Å²) in [7, 11) is 0. The summed E-state index contributed by atoms with van der Waals surface area (Å²) in [5.74, 6) is 0.688. The Kier molecular flexibility index (Phi) is 4.07. The fourth-order valence-corrected chi connectivity index (χ4v) is 5.80. The first-order chi connectivity index (χ1) is 16.3. The smallest absolute Gasteiger partial charge is 0.161 e. The van der Waals surface area contributed by atoms with Crippen molar-refractivity contribution in [2.45, 2.75) is 0 Å². The summed E-state index contributed by atoms with van der Waals surface area (Å²) in [6.45, 7) is 0. The van der Waals surface area contributed by atoms with Crippen LogP contribution in [0.4, 0.5) is 0 Å². The van der Waals surface area contributed by atoms with Crippen LogP contribution in [0.1, 0.15) is 0 Å². The Morgan fingerprint density at radius 2 is 1.58 bits per heavy atom. The van der Waals surface area contributed by atoms with E-state index in [0.29, 0.717) is 10.8 Å². The summed E-state index contributed by atoms with van der Waals surface area (Å²) in [5, 5.41) is 3.80. The zero-order valence-corrected chi connectivity index (χ0v) is 18.8. The minimum Gasteiger partial charge on any atom is -0.456 e. The maximum absolute atomic E-state index is 6.22. The number of hydrogen-bond acceptors (Lipinski definition) is 4. The van der Waals surface area contributed by atoms with Gasteiger partial charge in [0, 0.05) is 43.1 Å². The van der Waals surface area contributed by atoms with Gasteiger partial charge in [-0.05, 0) is 24.3 Å². The van der Waals surface area contributed by atoms with E-state index < -0.39 is 0 Å². The van der Waals surface area contributed by atoms with Crippen LogP contribution >= 0.6 is 22.9 Å². The monoisotopic (exact) mass is 462 g/mol. The molecule has 3 nitrogen and oxygen atoms in total. The standard InChI is InChI=1S/C28H15ClN2OS/c29-17-13-14-18-22(15-17)32-21-11-6-10-20(24(18)21)28-30-25(16-7-2-1-3-8-16)27-26(31-28)19-9-4-5-12-23(19)33-27/h1-15H. The molecule has 156 valence electrons. The van der Waals surface area contributed by atoms with Gasteiger partial charge in [0.15, 0.2) is 5.82 Å². The number of benzene rings is 4. The summed E-state index contributed by atoms with van der Waals surface area (Å²) in [5.41, 5.74) is 5.51. The number of aromatic nitrogens is 2. The molecule has 0 atom stereocenters. The third-order valence-electron chi connectivity index (χ3n) is 5.97. The number of hydrogen-bond donors (Lipinski definition) is 0. The molecule has 0 aliphatic carbocycles. The summed E-state index contributed by atoms with van der Waals surface area (Å²) in [6, 6.07) is 30.5. The molecule has 3 aromatic heterocycles. The van der Waals surface area contributed by atoms with Crippen LogP contribution < -0.4 is 0 Å². The van der Waals surface area contributed by atoms with Crippen molar-refractivity contribution in [3.8, 4) is 22.6 Å². The maximum Gasteiger partial charge on any atom is 0.161 e. The molecular weight excluding hydrogens is 448 g/mol. The number of fused-ring (bicyclic) bond motifs is 6. The maximum atomic E-state index is 6.22. The summed E-state index contributed by atoms with van der Waals surface area (Å²) in [4.78, 5) is 10.2. The van der Waals surface area contributed by atoms with Crippen LogP contribution in [-0.2, 0) is 0 Å². The summed E-state index contributed by atoms with van der Waals surface area (Å²) >= 11 is 7.95. The Bertz CT molecular complexity index is 1840. The quantitative estimate of drug-likeness (QED) is 0.258. The van der Waals surface area contributed by atoms with Gasteiger partial charge in [-0.3, -0.25) is 0 Å². The lowest BCUT2D eigenvalue weighted by molar-refractivity contribution is 0.669. The van der Waals surface area contributed by atoms with Gasteiger partial charge in [-0.15, -0.1) is 11.3 Å². The van der Waals surface area contributed by atoms with Crippen LogP contribution in [0.3, 0.4) is 0 Å². The first kappa shape index (κ1) is 18.8. The third-order valence-corrected chi connectivity index (χ3v) is 7.37. The molecule has 7 rings (SSSR count). The van der Waals surface area contributed by atoms with Crippen molar-refractivity contribution in [3.05, 3.63) is 96.0 Å². The van der Waals surface area contributed by atoms with Crippen LogP contribution in [0, 0.1) is 0 Å². The number of rotatable bonds is 2. The van der Waals surface area contributed by atoms with Crippen molar-refractivity contribution in [2.75, 3.05) is 0 Å². The molecular formula is C28H15ClN2OS. The SMILES string of the molecule is Clc1ccc2c(c1)oc1cccc(-c3nc(-c4ccccc4)c4sc5ccccc5c4n3)c12. The molecule has 0 amide bonds. The highest BCUT2D eigenvalue weighted by Crippen LogP contribution is 2.41. The van der Waals surface area contributed by atoms with Crippen molar-refractivity contribution < 1.29 is 4.42 Å².